The minimum Gasteiger partial charge on any atom is -0.496 e. The number of hydrogen-bond donors (Lipinski definition) is 0. The lowest BCUT2D eigenvalue weighted by Gasteiger charge is -2.27. The molecular formula is C21H23NO5S. The molecular weight excluding hydrogens is 378 g/mol. The van der Waals surface area contributed by atoms with Crippen molar-refractivity contribution in [3.05, 3.63) is 71.3 Å². The Morgan fingerprint density at radius 3 is 2.46 bits per heavy atom. The number of carbonyl (C=O) groups is 1. The first-order valence-corrected chi connectivity index (χ1v) is 10.4. The van der Waals surface area contributed by atoms with Crippen LogP contribution in [0.5, 0.6) is 5.75 Å². The summed E-state index contributed by atoms with van der Waals surface area (Å²) in [5, 5.41) is 0. The van der Waals surface area contributed by atoms with Gasteiger partial charge in [0.05, 0.1) is 30.2 Å². The molecule has 0 aromatic heterocycles. The van der Waals surface area contributed by atoms with Gasteiger partial charge in [0.2, 0.25) is 10.0 Å². The van der Waals surface area contributed by atoms with E-state index in [4.69, 9.17) is 9.47 Å². The number of aryl methyl sites for hydroxylation is 1. The van der Waals surface area contributed by atoms with Crippen LogP contribution < -0.4 is 4.74 Å². The number of rotatable bonds is 6. The molecule has 1 atom stereocenters. The van der Waals surface area contributed by atoms with Crippen LogP contribution in [0.25, 0.3) is 0 Å². The van der Waals surface area contributed by atoms with Crippen LogP contribution in [0.15, 0.2) is 65.1 Å². The van der Waals surface area contributed by atoms with Gasteiger partial charge < -0.3 is 9.47 Å². The van der Waals surface area contributed by atoms with Crippen molar-refractivity contribution in [3.8, 4) is 5.75 Å². The highest BCUT2D eigenvalue weighted by atomic mass is 32.2. The van der Waals surface area contributed by atoms with Gasteiger partial charge in [0.1, 0.15) is 5.75 Å². The zero-order valence-electron chi connectivity index (χ0n) is 16.1. The highest BCUT2D eigenvalue weighted by Crippen LogP contribution is 2.41. The number of benzene rings is 2. The largest absolute Gasteiger partial charge is 0.496 e. The van der Waals surface area contributed by atoms with Crippen LogP contribution in [0.2, 0.25) is 0 Å². The predicted octanol–water partition coefficient (Wildman–Crippen LogP) is 3.24. The summed E-state index contributed by atoms with van der Waals surface area (Å²) in [5.41, 5.74) is 1.85. The molecule has 0 fully saturated rings. The van der Waals surface area contributed by atoms with Crippen molar-refractivity contribution in [1.82, 2.24) is 4.31 Å². The van der Waals surface area contributed by atoms with Gasteiger partial charge in [-0.1, -0.05) is 42.0 Å². The molecule has 0 bridgehead atoms. The first-order valence-electron chi connectivity index (χ1n) is 8.98. The monoisotopic (exact) mass is 401 g/mol. The molecule has 7 heteroatoms. The van der Waals surface area contributed by atoms with Crippen molar-refractivity contribution < 1.29 is 22.7 Å². The predicted molar refractivity (Wildman–Crippen MR) is 106 cm³/mol. The molecule has 0 aliphatic carbocycles. The number of para-hydroxylation sites is 1. The smallest absolute Gasteiger partial charge is 0.335 e. The maximum absolute atomic E-state index is 13.4. The average molecular weight is 401 g/mol. The molecule has 2 aromatic rings. The third kappa shape index (κ3) is 3.68. The van der Waals surface area contributed by atoms with E-state index in [1.165, 1.54) is 11.4 Å². The van der Waals surface area contributed by atoms with Gasteiger partial charge in [0.15, 0.2) is 0 Å². The zero-order valence-corrected chi connectivity index (χ0v) is 16.9. The van der Waals surface area contributed by atoms with Crippen molar-refractivity contribution in [2.45, 2.75) is 24.8 Å². The quantitative estimate of drug-likeness (QED) is 0.695. The number of nitrogens with zero attached hydrogens (tertiary/aromatic N) is 1. The number of esters is 1. The number of carbonyl (C=O) groups excluding carboxylic acids is 1. The molecule has 3 rings (SSSR count). The fourth-order valence-electron chi connectivity index (χ4n) is 3.27. The molecule has 1 aliphatic heterocycles. The van der Waals surface area contributed by atoms with Crippen LogP contribution in [0.3, 0.4) is 0 Å². The number of methoxy groups -OCH3 is 1. The van der Waals surface area contributed by atoms with E-state index in [0.717, 1.165) is 5.56 Å². The van der Waals surface area contributed by atoms with Crippen LogP contribution in [-0.4, -0.2) is 39.0 Å². The minimum absolute atomic E-state index is 0.0765. The normalized spacial score (nSPS) is 17.2. The molecule has 0 spiro atoms. The molecule has 0 amide bonds. The standard InChI is InChI=1S/C21H23NO5S/c1-4-27-21(23)18-13-14-22(20(18)17-7-5-6-8-19(17)26-3)28(24,25)16-11-9-15(2)10-12-16/h5-13,20H,4,14H2,1-3H3/t20-/m1/s1. The van der Waals surface area contributed by atoms with Crippen molar-refractivity contribution in [3.63, 3.8) is 0 Å². The van der Waals surface area contributed by atoms with E-state index in [0.29, 0.717) is 16.9 Å². The van der Waals surface area contributed by atoms with Gasteiger partial charge in [0, 0.05) is 12.1 Å². The highest BCUT2D eigenvalue weighted by molar-refractivity contribution is 7.89. The molecule has 0 radical (unpaired) electrons. The molecule has 0 saturated heterocycles. The second kappa shape index (κ2) is 8.16. The molecule has 28 heavy (non-hydrogen) atoms. The fraction of sp³-hybridized carbons (Fsp3) is 0.286. The summed E-state index contributed by atoms with van der Waals surface area (Å²) < 4.78 is 38.6. The molecule has 0 N–H and O–H groups in total. The van der Waals surface area contributed by atoms with Crippen LogP contribution in [0.4, 0.5) is 0 Å². The van der Waals surface area contributed by atoms with Gasteiger partial charge in [-0.15, -0.1) is 0 Å². The van der Waals surface area contributed by atoms with Gasteiger partial charge >= 0.3 is 5.97 Å². The summed E-state index contributed by atoms with van der Waals surface area (Å²) in [6, 6.07) is 12.9. The van der Waals surface area contributed by atoms with Gasteiger partial charge in [-0.05, 0) is 32.0 Å². The van der Waals surface area contributed by atoms with Gasteiger partial charge in [-0.2, -0.15) is 4.31 Å². The average Bonchev–Trinajstić information content (AvgIpc) is 3.14. The van der Waals surface area contributed by atoms with Gasteiger partial charge in [0.25, 0.3) is 0 Å². The Bertz CT molecular complexity index is 996. The van der Waals surface area contributed by atoms with E-state index in [1.807, 2.05) is 6.92 Å². The highest BCUT2D eigenvalue weighted by Gasteiger charge is 2.42. The molecule has 1 aliphatic rings. The van der Waals surface area contributed by atoms with Crippen molar-refractivity contribution in [1.29, 1.82) is 0 Å². The van der Waals surface area contributed by atoms with E-state index in [9.17, 15) is 13.2 Å². The summed E-state index contributed by atoms with van der Waals surface area (Å²) in [7, 11) is -2.33. The summed E-state index contributed by atoms with van der Waals surface area (Å²) in [5.74, 6) is -0.0197. The number of ether oxygens (including phenoxy) is 2. The maximum Gasteiger partial charge on any atom is 0.335 e. The molecule has 148 valence electrons. The van der Waals surface area contributed by atoms with Gasteiger partial charge in [-0.3, -0.25) is 0 Å². The number of hydrogen-bond acceptors (Lipinski definition) is 5. The van der Waals surface area contributed by atoms with E-state index < -0.39 is 22.0 Å². The molecule has 1 heterocycles. The molecule has 0 unspecified atom stereocenters. The Balaban J connectivity index is 2.10. The van der Waals surface area contributed by atoms with Crippen LogP contribution >= 0.6 is 0 Å². The van der Waals surface area contributed by atoms with Crippen LogP contribution in [0.1, 0.15) is 24.1 Å². The van der Waals surface area contributed by atoms with Gasteiger partial charge in [-0.25, -0.2) is 13.2 Å². The first kappa shape index (κ1) is 20.1. The maximum atomic E-state index is 13.4. The Labute approximate surface area is 165 Å². The number of sulfonamides is 1. The van der Waals surface area contributed by atoms with Crippen molar-refractivity contribution in [2.24, 2.45) is 0 Å². The van der Waals surface area contributed by atoms with Crippen LogP contribution in [0, 0.1) is 6.92 Å². The lowest BCUT2D eigenvalue weighted by Crippen LogP contribution is -2.33. The second-order valence-electron chi connectivity index (χ2n) is 6.41. The summed E-state index contributed by atoms with van der Waals surface area (Å²) in [6.45, 7) is 3.89. The Morgan fingerprint density at radius 1 is 1.14 bits per heavy atom. The summed E-state index contributed by atoms with van der Waals surface area (Å²) >= 11 is 0. The fourth-order valence-corrected chi connectivity index (χ4v) is 4.79. The Hall–Kier alpha value is -2.64. The minimum atomic E-state index is -3.84. The molecule has 0 saturated carbocycles. The van der Waals surface area contributed by atoms with E-state index in [1.54, 1.807) is 61.5 Å². The van der Waals surface area contributed by atoms with Crippen LogP contribution in [-0.2, 0) is 19.6 Å². The Kier molecular flexibility index (Phi) is 5.86. The topological polar surface area (TPSA) is 72.9 Å². The second-order valence-corrected chi connectivity index (χ2v) is 8.30. The lowest BCUT2D eigenvalue weighted by molar-refractivity contribution is -0.138. The van der Waals surface area contributed by atoms with E-state index in [2.05, 4.69) is 0 Å². The summed E-state index contributed by atoms with van der Waals surface area (Å²) in [6.07, 6.45) is 1.61. The van der Waals surface area contributed by atoms with E-state index in [-0.39, 0.29) is 18.0 Å². The SMILES string of the molecule is CCOC(=O)C1=CCN(S(=O)(=O)c2ccc(C)cc2)[C@@H]1c1ccccc1OC. The first-order chi connectivity index (χ1) is 13.4. The molecule has 2 aromatic carbocycles. The third-order valence-corrected chi connectivity index (χ3v) is 6.49. The Morgan fingerprint density at radius 2 is 1.82 bits per heavy atom. The lowest BCUT2D eigenvalue weighted by atomic mass is 10.00. The van der Waals surface area contributed by atoms with E-state index >= 15 is 0 Å². The van der Waals surface area contributed by atoms with Crippen molar-refractivity contribution in [2.75, 3.05) is 20.3 Å². The zero-order chi connectivity index (χ0) is 20.3. The summed E-state index contributed by atoms with van der Waals surface area (Å²) in [4.78, 5) is 12.7. The third-order valence-electron chi connectivity index (χ3n) is 4.65. The molecule has 6 nitrogen and oxygen atoms in total. The van der Waals surface area contributed by atoms with Crippen molar-refractivity contribution >= 4 is 16.0 Å².